The number of imidazole rings is 1. The third-order valence-electron chi connectivity index (χ3n) is 11.9. The van der Waals surface area contributed by atoms with Crippen molar-refractivity contribution in [1.29, 1.82) is 0 Å². The van der Waals surface area contributed by atoms with E-state index in [1.165, 1.54) is 34.2 Å². The first kappa shape index (κ1) is 56.4. The first-order valence-corrected chi connectivity index (χ1v) is 30.6. The maximum Gasteiger partial charge on any atom is 0.323 e. The van der Waals surface area contributed by atoms with Crippen molar-refractivity contribution in [3.8, 4) is 11.4 Å². The number of carbonyl (C=O) groups is 1. The zero-order chi connectivity index (χ0) is 52.6. The smallest absolute Gasteiger partial charge is 0.323 e. The summed E-state index contributed by atoms with van der Waals surface area (Å²) in [5.74, 6) is 0.662. The molecule has 0 aliphatic carbocycles. The van der Waals surface area contributed by atoms with Crippen molar-refractivity contribution >= 4 is 63.7 Å². The van der Waals surface area contributed by atoms with Crippen molar-refractivity contribution in [3.63, 3.8) is 0 Å². The molecule has 2 aliphatic rings. The minimum Gasteiger partial charge on any atom is -0.464 e. The van der Waals surface area contributed by atoms with Crippen molar-refractivity contribution in [2.45, 2.75) is 73.1 Å². The summed E-state index contributed by atoms with van der Waals surface area (Å²) >= 11 is 0. The Morgan fingerprint density at radius 3 is 1.59 bits per heavy atom. The highest BCUT2D eigenvalue weighted by atomic mass is 32.3. The molecule has 0 saturated carbocycles. The molecule has 1 atom stereocenters. The molecular weight excluding hydrogens is 1000 g/mol. The second-order valence-electron chi connectivity index (χ2n) is 18.1. The predicted octanol–water partition coefficient (Wildman–Crippen LogP) is 9.05. The van der Waals surface area contributed by atoms with Gasteiger partial charge in [0.1, 0.15) is 11.9 Å². The van der Waals surface area contributed by atoms with E-state index in [1.54, 1.807) is 0 Å². The standard InChI is InChI=1S/C18H15S.C13H10N2.C12H23N3O8S3.C12H19N/c1-4-10-16(11-5-1)19(17-12-6-2-7-13-17)18-14-8-3-9-15-18;1-2-6-10(7-3-1)13-14-11-8-4-5-9-12(11)15-13;1-24(17,18)13-25(19,20)9-2-10-26(21,22)15-6-4-14(5-7-15)11-3-8-23-12(11)16;1-8(2)10-6-5-7-11(9(3)4)12(10)13/h1-15H;1-9H,(H,14,15);11,13H,2-10H2,1H3;5-9H,13H2,1-4H3/q+1;;;. The van der Waals surface area contributed by atoms with E-state index in [0.29, 0.717) is 44.2 Å². The Labute approximate surface area is 434 Å². The van der Waals surface area contributed by atoms with E-state index in [2.05, 4.69) is 159 Å². The van der Waals surface area contributed by atoms with Crippen molar-refractivity contribution in [1.82, 2.24) is 23.3 Å². The summed E-state index contributed by atoms with van der Waals surface area (Å²) in [5.41, 5.74) is 12.8. The third-order valence-corrected chi connectivity index (χ3v) is 19.1. The number of rotatable bonds is 14. The molecular formula is C55H67N6O8S4+. The Balaban J connectivity index is 0.000000164. The number of nitrogens with one attached hydrogen (secondary N) is 2. The first-order chi connectivity index (χ1) is 34.8. The summed E-state index contributed by atoms with van der Waals surface area (Å²) in [6, 6.07) is 56.4. The number of aromatic nitrogens is 2. The van der Waals surface area contributed by atoms with Crippen LogP contribution in [0.4, 0.5) is 5.69 Å². The number of cyclic esters (lactones) is 1. The van der Waals surface area contributed by atoms with E-state index < -0.39 is 41.6 Å². The quantitative estimate of drug-likeness (QED) is 0.0533. The van der Waals surface area contributed by atoms with Gasteiger partial charge in [-0.25, -0.2) is 30.2 Å². The third kappa shape index (κ3) is 16.8. The van der Waals surface area contributed by atoms with Gasteiger partial charge in [0.15, 0.2) is 14.7 Å². The van der Waals surface area contributed by atoms with Gasteiger partial charge in [-0.2, -0.15) is 4.31 Å². The second kappa shape index (κ2) is 26.4. The molecule has 4 N–H and O–H groups in total. The largest absolute Gasteiger partial charge is 0.464 e. The Morgan fingerprint density at radius 2 is 1.14 bits per heavy atom. The molecule has 1 aromatic heterocycles. The van der Waals surface area contributed by atoms with Crippen LogP contribution in [0.15, 0.2) is 178 Å². The highest BCUT2D eigenvalue weighted by Gasteiger charge is 2.36. The fourth-order valence-corrected chi connectivity index (χ4v) is 14.8. The normalized spacial score (nSPS) is 15.5. The van der Waals surface area contributed by atoms with Gasteiger partial charge in [-0.3, -0.25) is 9.69 Å². The number of carbonyl (C=O) groups excluding carboxylic acids is 1. The molecule has 3 heterocycles. The summed E-state index contributed by atoms with van der Waals surface area (Å²) in [6.07, 6.45) is 1.08. The lowest BCUT2D eigenvalue weighted by Gasteiger charge is -2.35. The van der Waals surface area contributed by atoms with Gasteiger partial charge < -0.3 is 15.5 Å². The number of fused-ring (bicyclic) bond motifs is 1. The topological polar surface area (TPSA) is 202 Å². The van der Waals surface area contributed by atoms with E-state index in [1.807, 2.05) is 47.4 Å². The molecule has 2 saturated heterocycles. The Hall–Kier alpha value is -5.86. The van der Waals surface area contributed by atoms with E-state index in [0.717, 1.165) is 28.1 Å². The van der Waals surface area contributed by atoms with Crippen molar-refractivity contribution < 1.29 is 34.8 Å². The van der Waals surface area contributed by atoms with Crippen LogP contribution in [0, 0.1) is 0 Å². The molecule has 0 amide bonds. The minimum atomic E-state index is -4.10. The van der Waals surface area contributed by atoms with E-state index in [-0.39, 0.29) is 42.4 Å². The van der Waals surface area contributed by atoms with Crippen LogP contribution in [0.1, 0.15) is 63.5 Å². The number of benzene rings is 6. The van der Waals surface area contributed by atoms with Crippen molar-refractivity contribution in [2.75, 3.05) is 56.3 Å². The summed E-state index contributed by atoms with van der Waals surface area (Å²) < 4.78 is 77.4. The van der Waals surface area contributed by atoms with Gasteiger partial charge in [0.25, 0.3) is 0 Å². The molecule has 6 aromatic carbocycles. The number of nitrogen functional groups attached to an aromatic ring is 1. The van der Waals surface area contributed by atoms with Crippen LogP contribution in [0.3, 0.4) is 0 Å². The lowest BCUT2D eigenvalue weighted by Crippen LogP contribution is -2.53. The average molecular weight is 1070 g/mol. The molecule has 14 nitrogen and oxygen atoms in total. The number of esters is 1. The number of hydrogen-bond acceptors (Lipinski definition) is 11. The van der Waals surface area contributed by atoms with Crippen molar-refractivity contribution in [2.24, 2.45) is 0 Å². The monoisotopic (exact) mass is 1070 g/mol. The van der Waals surface area contributed by atoms with Crippen LogP contribution < -0.4 is 9.86 Å². The number of H-pyrrole nitrogens is 1. The highest BCUT2D eigenvalue weighted by Crippen LogP contribution is 2.31. The molecule has 18 heteroatoms. The van der Waals surface area contributed by atoms with Gasteiger partial charge in [0.2, 0.25) is 30.1 Å². The molecule has 7 aromatic rings. The summed E-state index contributed by atoms with van der Waals surface area (Å²) in [4.78, 5) is 25.4. The zero-order valence-corrected chi connectivity index (χ0v) is 45.3. The maximum atomic E-state index is 12.3. The predicted molar refractivity (Wildman–Crippen MR) is 295 cm³/mol. The number of hydrogen-bond donors (Lipinski definition) is 3. The van der Waals surface area contributed by atoms with Gasteiger partial charge in [-0.1, -0.05) is 143 Å². The Morgan fingerprint density at radius 1 is 0.658 bits per heavy atom. The average Bonchev–Trinajstić information content (AvgIpc) is 4.01. The lowest BCUT2D eigenvalue weighted by atomic mass is 9.93. The first-order valence-electron chi connectivity index (χ1n) is 24.2. The molecule has 2 aliphatic heterocycles. The number of para-hydroxylation sites is 3. The van der Waals surface area contributed by atoms with Crippen LogP contribution in [0.25, 0.3) is 22.4 Å². The number of ether oxygens (including phenoxy) is 1. The highest BCUT2D eigenvalue weighted by molar-refractivity contribution is 8.04. The van der Waals surface area contributed by atoms with E-state index >= 15 is 0 Å². The lowest BCUT2D eigenvalue weighted by molar-refractivity contribution is -0.142. The van der Waals surface area contributed by atoms with E-state index in [9.17, 15) is 30.0 Å². The maximum absolute atomic E-state index is 12.3. The van der Waals surface area contributed by atoms with Crippen LogP contribution in [-0.2, 0) is 50.5 Å². The fourth-order valence-electron chi connectivity index (χ4n) is 8.32. The van der Waals surface area contributed by atoms with Gasteiger partial charge >= 0.3 is 5.97 Å². The molecule has 388 valence electrons. The van der Waals surface area contributed by atoms with Crippen LogP contribution in [-0.4, -0.2) is 107 Å². The summed E-state index contributed by atoms with van der Waals surface area (Å²) in [6.45, 7) is 10.3. The molecule has 0 radical (unpaired) electrons. The summed E-state index contributed by atoms with van der Waals surface area (Å²) in [7, 11) is -11.7. The van der Waals surface area contributed by atoms with Gasteiger partial charge in [0, 0.05) is 43.9 Å². The molecule has 73 heavy (non-hydrogen) atoms. The SMILES string of the molecule is CC(C)c1cccc(C(C)C)c1N.CS(=O)(=O)NS(=O)(=O)CCCS(=O)(=O)N1CCN(C2CCOC2=O)CC1.c1ccc(-c2nc3ccccc3[nH]2)cc1.c1ccc([S+](c2ccccc2)c2ccccc2)cc1. The van der Waals surface area contributed by atoms with Crippen LogP contribution in [0.2, 0.25) is 0 Å². The minimum absolute atomic E-state index is 0.0146. The fraction of sp³-hybridized carbons (Fsp3) is 0.309. The molecule has 0 spiro atoms. The number of anilines is 1. The molecule has 1 unspecified atom stereocenters. The zero-order valence-electron chi connectivity index (χ0n) is 42.0. The number of aromatic amines is 1. The number of nitrogens with zero attached hydrogens (tertiary/aromatic N) is 3. The summed E-state index contributed by atoms with van der Waals surface area (Å²) in [5, 5.41) is 0. The second-order valence-corrected chi connectivity index (χ2v) is 26.1. The Bertz CT molecular complexity index is 3020. The molecule has 9 rings (SSSR count). The van der Waals surface area contributed by atoms with E-state index in [4.69, 9.17) is 10.5 Å². The van der Waals surface area contributed by atoms with Crippen molar-refractivity contribution in [3.05, 3.63) is 175 Å². The number of piperazine rings is 1. The van der Waals surface area contributed by atoms with Crippen LogP contribution in [0.5, 0.6) is 0 Å². The Kier molecular flexibility index (Phi) is 20.4. The van der Waals surface area contributed by atoms with Crippen LogP contribution >= 0.6 is 0 Å². The molecule has 0 bridgehead atoms. The van der Waals surface area contributed by atoms with Gasteiger partial charge in [-0.05, 0) is 77.9 Å². The van der Waals surface area contributed by atoms with Gasteiger partial charge in [0.05, 0.1) is 46.3 Å². The number of sulfonamides is 3. The molecule has 2 fully saturated rings. The number of nitrogens with two attached hydrogens (primary N) is 1. The van der Waals surface area contributed by atoms with Gasteiger partial charge in [-0.15, -0.1) is 4.13 Å².